The number of nitro groups is 1. The molecule has 0 saturated heterocycles. The summed E-state index contributed by atoms with van der Waals surface area (Å²) in [5, 5.41) is 28.4. The highest BCUT2D eigenvalue weighted by atomic mass is 16.6. The molecule has 0 bridgehead atoms. The lowest BCUT2D eigenvalue weighted by atomic mass is 10.2. The Bertz CT molecular complexity index is 1190. The number of aromatic nitrogens is 2. The van der Waals surface area contributed by atoms with E-state index < -0.39 is 10.5 Å². The maximum absolute atomic E-state index is 12.2. The van der Waals surface area contributed by atoms with Crippen LogP contribution in [0.1, 0.15) is 0 Å². The molecule has 0 amide bonds. The van der Waals surface area contributed by atoms with Gasteiger partial charge in [0.05, 0.1) is 4.92 Å². The van der Waals surface area contributed by atoms with E-state index in [2.05, 4.69) is 10.2 Å². The van der Waals surface area contributed by atoms with E-state index in [1.807, 2.05) is 0 Å². The number of nitrogens with zero attached hydrogens (tertiary/aromatic N) is 3. The van der Waals surface area contributed by atoms with Crippen molar-refractivity contribution >= 4 is 16.7 Å². The molecule has 0 unspecified atom stereocenters. The van der Waals surface area contributed by atoms with Gasteiger partial charge in [-0.25, -0.2) is 4.79 Å². The molecule has 9 nitrogen and oxygen atoms in total. The Morgan fingerprint density at radius 2 is 1.69 bits per heavy atom. The number of hydrogen-bond donors (Lipinski definition) is 1. The summed E-state index contributed by atoms with van der Waals surface area (Å²) in [6.07, 6.45) is 0. The Morgan fingerprint density at radius 3 is 2.42 bits per heavy atom. The van der Waals surface area contributed by atoms with Gasteiger partial charge in [0.15, 0.2) is 0 Å². The number of hydrogen-bond acceptors (Lipinski definition) is 8. The van der Waals surface area contributed by atoms with Crippen molar-refractivity contribution in [2.24, 2.45) is 0 Å². The van der Waals surface area contributed by atoms with Crippen molar-refractivity contribution in [1.82, 2.24) is 10.2 Å². The molecule has 0 radical (unpaired) electrons. The number of benzene rings is 2. The van der Waals surface area contributed by atoms with E-state index in [0.29, 0.717) is 10.9 Å². The second kappa shape index (κ2) is 5.81. The molecule has 1 N–H and O–H groups in total. The van der Waals surface area contributed by atoms with Crippen LogP contribution in [0.2, 0.25) is 0 Å². The number of aromatic hydroxyl groups is 1. The largest absolute Gasteiger partial charge is 0.508 e. The molecule has 2 heterocycles. The molecule has 0 fully saturated rings. The van der Waals surface area contributed by atoms with Crippen LogP contribution >= 0.6 is 0 Å². The summed E-state index contributed by atoms with van der Waals surface area (Å²) in [6, 6.07) is 11.5. The fraction of sp³-hybridized carbons (Fsp3) is 0. The lowest BCUT2D eigenvalue weighted by Crippen LogP contribution is -2.02. The van der Waals surface area contributed by atoms with E-state index in [4.69, 9.17) is 8.83 Å². The molecule has 9 heteroatoms. The molecule has 2 aromatic heterocycles. The van der Waals surface area contributed by atoms with Crippen molar-refractivity contribution in [3.8, 4) is 28.7 Å². The molecule has 26 heavy (non-hydrogen) atoms. The van der Waals surface area contributed by atoms with Crippen LogP contribution in [0.5, 0.6) is 5.75 Å². The minimum absolute atomic E-state index is 0.0216. The van der Waals surface area contributed by atoms with Crippen LogP contribution < -0.4 is 5.63 Å². The van der Waals surface area contributed by atoms with Gasteiger partial charge in [0.1, 0.15) is 16.9 Å². The molecule has 0 spiro atoms. The molecule has 2 aromatic carbocycles. The Balaban J connectivity index is 1.75. The number of nitro benzene ring substituents is 1. The van der Waals surface area contributed by atoms with Crippen LogP contribution in [0.3, 0.4) is 0 Å². The van der Waals surface area contributed by atoms with E-state index in [1.54, 1.807) is 6.07 Å². The summed E-state index contributed by atoms with van der Waals surface area (Å²) < 4.78 is 10.7. The quantitative estimate of drug-likeness (QED) is 0.338. The third-order valence-corrected chi connectivity index (χ3v) is 3.70. The van der Waals surface area contributed by atoms with Crippen LogP contribution in [0, 0.1) is 10.1 Å². The molecule has 0 aliphatic carbocycles. The van der Waals surface area contributed by atoms with Crippen molar-refractivity contribution in [3.05, 3.63) is 69.1 Å². The average Bonchev–Trinajstić information content (AvgIpc) is 3.11. The number of non-ortho nitro benzene ring substituents is 1. The standard InChI is InChI=1S/C17H9N3O6/c21-12-6-3-10-7-13(17(22)25-14(10)8-12)16-19-18-15(26-16)9-1-4-11(5-2-9)20(23)24/h1-8,21H. The fourth-order valence-corrected chi connectivity index (χ4v) is 2.42. The first-order chi connectivity index (χ1) is 12.5. The topological polar surface area (TPSA) is 132 Å². The Morgan fingerprint density at radius 1 is 0.962 bits per heavy atom. The number of fused-ring (bicyclic) bond motifs is 1. The molecular formula is C17H9N3O6. The van der Waals surface area contributed by atoms with Crippen LogP contribution in [0.25, 0.3) is 33.9 Å². The average molecular weight is 351 g/mol. The minimum atomic E-state index is -0.693. The van der Waals surface area contributed by atoms with Crippen molar-refractivity contribution in [3.63, 3.8) is 0 Å². The van der Waals surface area contributed by atoms with Crippen molar-refractivity contribution < 1.29 is 18.9 Å². The van der Waals surface area contributed by atoms with E-state index in [1.165, 1.54) is 42.5 Å². The normalized spacial score (nSPS) is 10.9. The molecule has 4 rings (SSSR count). The van der Waals surface area contributed by atoms with Crippen molar-refractivity contribution in [2.45, 2.75) is 0 Å². The van der Waals surface area contributed by atoms with Gasteiger partial charge in [0, 0.05) is 29.1 Å². The maximum Gasteiger partial charge on any atom is 0.349 e. The second-order valence-electron chi connectivity index (χ2n) is 5.39. The summed E-state index contributed by atoms with van der Waals surface area (Å²) in [5.74, 6) is 0.0498. The Labute approximate surface area is 144 Å². The summed E-state index contributed by atoms with van der Waals surface area (Å²) in [5.41, 5.74) is 0.0241. The molecule has 0 atom stereocenters. The van der Waals surface area contributed by atoms with Gasteiger partial charge >= 0.3 is 5.63 Å². The first kappa shape index (κ1) is 15.5. The predicted octanol–water partition coefficient (Wildman–Crippen LogP) is 3.12. The zero-order valence-electron chi connectivity index (χ0n) is 12.9. The smallest absolute Gasteiger partial charge is 0.349 e. The maximum atomic E-state index is 12.2. The number of phenolic OH excluding ortho intramolecular Hbond substituents is 1. The van der Waals surface area contributed by atoms with Gasteiger partial charge < -0.3 is 13.9 Å². The van der Waals surface area contributed by atoms with Gasteiger partial charge in [-0.15, -0.1) is 10.2 Å². The van der Waals surface area contributed by atoms with Crippen molar-refractivity contribution in [2.75, 3.05) is 0 Å². The molecule has 128 valence electrons. The Kier molecular flexibility index (Phi) is 3.47. The highest BCUT2D eigenvalue weighted by Gasteiger charge is 2.16. The zero-order valence-corrected chi connectivity index (χ0v) is 12.9. The minimum Gasteiger partial charge on any atom is -0.508 e. The van der Waals surface area contributed by atoms with Crippen LogP contribution in [-0.2, 0) is 0 Å². The summed E-state index contributed by atoms with van der Waals surface area (Å²) >= 11 is 0. The third kappa shape index (κ3) is 2.67. The highest BCUT2D eigenvalue weighted by molar-refractivity contribution is 5.81. The third-order valence-electron chi connectivity index (χ3n) is 3.70. The van der Waals surface area contributed by atoms with Gasteiger partial charge in [-0.1, -0.05) is 0 Å². The first-order valence-electron chi connectivity index (χ1n) is 7.37. The van der Waals surface area contributed by atoms with Gasteiger partial charge in [-0.05, 0) is 30.3 Å². The monoisotopic (exact) mass is 351 g/mol. The van der Waals surface area contributed by atoms with Crippen LogP contribution in [0.4, 0.5) is 5.69 Å². The highest BCUT2D eigenvalue weighted by Crippen LogP contribution is 2.26. The summed E-state index contributed by atoms with van der Waals surface area (Å²) in [7, 11) is 0. The molecular weight excluding hydrogens is 342 g/mol. The van der Waals surface area contributed by atoms with E-state index >= 15 is 0 Å². The predicted molar refractivity (Wildman–Crippen MR) is 89.5 cm³/mol. The van der Waals surface area contributed by atoms with Gasteiger partial charge in [0.2, 0.25) is 5.89 Å². The lowest BCUT2D eigenvalue weighted by molar-refractivity contribution is -0.384. The van der Waals surface area contributed by atoms with Gasteiger partial charge in [0.25, 0.3) is 11.6 Å². The van der Waals surface area contributed by atoms with E-state index in [0.717, 1.165) is 0 Å². The van der Waals surface area contributed by atoms with Gasteiger partial charge in [-0.2, -0.15) is 0 Å². The first-order valence-corrected chi connectivity index (χ1v) is 7.37. The molecule has 0 aliphatic heterocycles. The second-order valence-corrected chi connectivity index (χ2v) is 5.39. The van der Waals surface area contributed by atoms with Crippen molar-refractivity contribution in [1.29, 1.82) is 0 Å². The summed E-state index contributed by atoms with van der Waals surface area (Å²) in [4.78, 5) is 22.3. The summed E-state index contributed by atoms with van der Waals surface area (Å²) in [6.45, 7) is 0. The molecule has 0 aliphatic rings. The van der Waals surface area contributed by atoms with Crippen LogP contribution in [0.15, 0.2) is 62.2 Å². The van der Waals surface area contributed by atoms with Gasteiger partial charge in [-0.3, -0.25) is 10.1 Å². The molecule has 0 saturated carbocycles. The Hall–Kier alpha value is -4.01. The fourth-order valence-electron chi connectivity index (χ4n) is 2.42. The number of rotatable bonds is 3. The SMILES string of the molecule is O=c1oc2cc(O)ccc2cc1-c1nnc(-c2ccc([N+](=O)[O-])cc2)o1. The van der Waals surface area contributed by atoms with E-state index in [-0.39, 0.29) is 34.4 Å². The molecule has 4 aromatic rings. The van der Waals surface area contributed by atoms with Crippen LogP contribution in [-0.4, -0.2) is 20.2 Å². The zero-order chi connectivity index (χ0) is 18.3. The number of phenols is 1. The lowest BCUT2D eigenvalue weighted by Gasteiger charge is -1.99. The van der Waals surface area contributed by atoms with E-state index in [9.17, 15) is 20.0 Å².